The maximum Gasteiger partial charge on any atom is 0.222 e. The lowest BCUT2D eigenvalue weighted by Crippen LogP contribution is -1.99. The summed E-state index contributed by atoms with van der Waals surface area (Å²) in [6.45, 7) is 1.74. The maximum absolute atomic E-state index is 5.52. The first-order chi connectivity index (χ1) is 5.68. The van der Waals surface area contributed by atoms with Gasteiger partial charge < -0.3 is 16.0 Å². The molecule has 0 atom stereocenters. The predicted molar refractivity (Wildman–Crippen MR) is 43.2 cm³/mol. The van der Waals surface area contributed by atoms with Gasteiger partial charge in [0.2, 0.25) is 5.95 Å². The molecule has 2 aromatic heterocycles. The smallest absolute Gasteiger partial charge is 0.222 e. The Bertz CT molecular complexity index is 435. The summed E-state index contributed by atoms with van der Waals surface area (Å²) >= 11 is 0. The van der Waals surface area contributed by atoms with Crippen LogP contribution in [0.4, 0.5) is 11.8 Å². The summed E-state index contributed by atoms with van der Waals surface area (Å²) in [4.78, 5) is 7.66. The number of hydrogen-bond donors (Lipinski definition) is 2. The number of nitrogens with two attached hydrogens (primary N) is 2. The summed E-state index contributed by atoms with van der Waals surface area (Å²) in [6, 6.07) is 0. The zero-order chi connectivity index (χ0) is 8.72. The number of aryl methyl sites for hydroxylation is 1. The molecule has 0 unspecified atom stereocenters. The summed E-state index contributed by atoms with van der Waals surface area (Å²) in [5.74, 6) is 0.964. The Morgan fingerprint density at radius 2 is 1.92 bits per heavy atom. The van der Waals surface area contributed by atoms with E-state index in [2.05, 4.69) is 15.1 Å². The van der Waals surface area contributed by atoms with E-state index in [1.54, 1.807) is 6.92 Å². The zero-order valence-corrected chi connectivity index (χ0v) is 6.40. The van der Waals surface area contributed by atoms with Crippen LogP contribution in [-0.4, -0.2) is 15.1 Å². The van der Waals surface area contributed by atoms with Crippen LogP contribution in [0.5, 0.6) is 0 Å². The number of hydrogen-bond acceptors (Lipinski definition) is 6. The van der Waals surface area contributed by atoms with Crippen molar-refractivity contribution in [3.05, 3.63) is 5.76 Å². The van der Waals surface area contributed by atoms with Crippen molar-refractivity contribution in [3.8, 4) is 0 Å². The monoisotopic (exact) mass is 165 g/mol. The molecule has 0 saturated heterocycles. The van der Waals surface area contributed by atoms with E-state index in [1.165, 1.54) is 0 Å². The molecule has 0 spiro atoms. The molecule has 0 aliphatic carbocycles. The van der Waals surface area contributed by atoms with Crippen molar-refractivity contribution < 1.29 is 4.52 Å². The topological polar surface area (TPSA) is 104 Å². The molecule has 0 radical (unpaired) electrons. The summed E-state index contributed by atoms with van der Waals surface area (Å²) in [7, 11) is 0. The van der Waals surface area contributed by atoms with E-state index >= 15 is 0 Å². The van der Waals surface area contributed by atoms with Gasteiger partial charge in [0.1, 0.15) is 5.52 Å². The Kier molecular flexibility index (Phi) is 1.18. The van der Waals surface area contributed by atoms with Crippen molar-refractivity contribution in [1.29, 1.82) is 0 Å². The summed E-state index contributed by atoms with van der Waals surface area (Å²) in [5, 5.41) is 3.68. The second-order valence-corrected chi connectivity index (χ2v) is 2.40. The molecule has 2 aromatic rings. The van der Waals surface area contributed by atoms with Crippen LogP contribution in [0.15, 0.2) is 4.52 Å². The van der Waals surface area contributed by atoms with Gasteiger partial charge >= 0.3 is 0 Å². The highest BCUT2D eigenvalue weighted by molar-refractivity contribution is 5.85. The Hall–Kier alpha value is -1.85. The maximum atomic E-state index is 5.52. The van der Waals surface area contributed by atoms with Crippen LogP contribution in [0.3, 0.4) is 0 Å². The standard InChI is InChI=1S/C6H7N5O/c1-2-3-4(11-12-2)5(7)10-6(8)9-3/h1H3,(H4,7,8,9,10). The highest BCUT2D eigenvalue weighted by atomic mass is 16.5. The molecule has 2 rings (SSSR count). The number of anilines is 2. The Morgan fingerprint density at radius 1 is 1.17 bits per heavy atom. The van der Waals surface area contributed by atoms with Crippen LogP contribution in [-0.2, 0) is 0 Å². The Balaban J connectivity index is 2.92. The molecule has 0 aliphatic rings. The molecule has 0 fully saturated rings. The molecule has 4 N–H and O–H groups in total. The molecule has 6 nitrogen and oxygen atoms in total. The van der Waals surface area contributed by atoms with E-state index in [1.807, 2.05) is 0 Å². The van der Waals surface area contributed by atoms with Gasteiger partial charge in [0.05, 0.1) is 0 Å². The molecule has 2 heterocycles. The number of nitrogens with zero attached hydrogens (tertiary/aromatic N) is 3. The van der Waals surface area contributed by atoms with Gasteiger partial charge in [0, 0.05) is 0 Å². The van der Waals surface area contributed by atoms with Gasteiger partial charge in [-0.1, -0.05) is 5.16 Å². The minimum atomic E-state index is 0.131. The van der Waals surface area contributed by atoms with Gasteiger partial charge in [0.15, 0.2) is 17.1 Å². The Morgan fingerprint density at radius 3 is 2.67 bits per heavy atom. The highest BCUT2D eigenvalue weighted by Gasteiger charge is 2.10. The van der Waals surface area contributed by atoms with Crippen LogP contribution in [0.2, 0.25) is 0 Å². The van der Waals surface area contributed by atoms with Crippen LogP contribution in [0.25, 0.3) is 11.0 Å². The third-order valence-electron chi connectivity index (χ3n) is 1.54. The van der Waals surface area contributed by atoms with Crippen LogP contribution < -0.4 is 11.5 Å². The lowest BCUT2D eigenvalue weighted by atomic mass is 10.4. The van der Waals surface area contributed by atoms with Crippen molar-refractivity contribution >= 4 is 22.8 Å². The first-order valence-electron chi connectivity index (χ1n) is 3.33. The zero-order valence-electron chi connectivity index (χ0n) is 6.40. The van der Waals surface area contributed by atoms with Crippen molar-refractivity contribution in [3.63, 3.8) is 0 Å². The third-order valence-corrected chi connectivity index (χ3v) is 1.54. The van der Waals surface area contributed by atoms with Gasteiger partial charge in [-0.25, -0.2) is 4.98 Å². The number of aromatic nitrogens is 3. The van der Waals surface area contributed by atoms with Crippen LogP contribution in [0, 0.1) is 6.92 Å². The van der Waals surface area contributed by atoms with E-state index in [0.29, 0.717) is 16.8 Å². The highest BCUT2D eigenvalue weighted by Crippen LogP contribution is 2.19. The molecular weight excluding hydrogens is 158 g/mol. The average Bonchev–Trinajstić information content (AvgIpc) is 2.33. The van der Waals surface area contributed by atoms with Crippen LogP contribution >= 0.6 is 0 Å². The molecular formula is C6H7N5O. The lowest BCUT2D eigenvalue weighted by Gasteiger charge is -1.93. The van der Waals surface area contributed by atoms with Crippen LogP contribution in [0.1, 0.15) is 5.76 Å². The number of rotatable bonds is 0. The average molecular weight is 165 g/mol. The van der Waals surface area contributed by atoms with Crippen molar-refractivity contribution in [2.45, 2.75) is 6.92 Å². The quantitative estimate of drug-likeness (QED) is 0.573. The largest absolute Gasteiger partial charge is 0.382 e. The van der Waals surface area contributed by atoms with Crippen molar-refractivity contribution in [2.75, 3.05) is 11.5 Å². The second kappa shape index (κ2) is 2.07. The SMILES string of the molecule is Cc1onc2c(N)nc(N)nc12. The lowest BCUT2D eigenvalue weighted by molar-refractivity contribution is 0.405. The third kappa shape index (κ3) is 0.777. The molecule has 6 heteroatoms. The Labute approximate surface area is 67.6 Å². The van der Waals surface area contributed by atoms with E-state index in [0.717, 1.165) is 0 Å². The molecule has 0 amide bonds. The van der Waals surface area contributed by atoms with Gasteiger partial charge in [-0.3, -0.25) is 0 Å². The van der Waals surface area contributed by atoms with E-state index < -0.39 is 0 Å². The van der Waals surface area contributed by atoms with Crippen molar-refractivity contribution in [1.82, 2.24) is 15.1 Å². The van der Waals surface area contributed by atoms with Gasteiger partial charge in [0.25, 0.3) is 0 Å². The van der Waals surface area contributed by atoms with Gasteiger partial charge in [-0.15, -0.1) is 0 Å². The fourth-order valence-corrected chi connectivity index (χ4v) is 0.983. The molecule has 0 bridgehead atoms. The summed E-state index contributed by atoms with van der Waals surface area (Å²) < 4.78 is 4.86. The summed E-state index contributed by atoms with van der Waals surface area (Å²) in [5.41, 5.74) is 11.9. The number of fused-ring (bicyclic) bond motifs is 1. The van der Waals surface area contributed by atoms with Crippen molar-refractivity contribution in [2.24, 2.45) is 0 Å². The van der Waals surface area contributed by atoms with E-state index in [4.69, 9.17) is 16.0 Å². The first kappa shape index (κ1) is 6.84. The van der Waals surface area contributed by atoms with Gasteiger partial charge in [-0.2, -0.15) is 4.98 Å². The predicted octanol–water partition coefficient (Wildman–Crippen LogP) is 0.0906. The fourth-order valence-electron chi connectivity index (χ4n) is 0.983. The molecule has 12 heavy (non-hydrogen) atoms. The molecule has 62 valence electrons. The van der Waals surface area contributed by atoms with Gasteiger partial charge in [-0.05, 0) is 6.92 Å². The second-order valence-electron chi connectivity index (χ2n) is 2.40. The minimum absolute atomic E-state index is 0.131. The molecule has 0 aliphatic heterocycles. The van der Waals surface area contributed by atoms with E-state index in [9.17, 15) is 0 Å². The normalized spacial score (nSPS) is 10.8. The fraction of sp³-hybridized carbons (Fsp3) is 0.167. The summed E-state index contributed by atoms with van der Waals surface area (Å²) in [6.07, 6.45) is 0. The first-order valence-corrected chi connectivity index (χ1v) is 3.33. The molecule has 0 saturated carbocycles. The number of nitrogen functional groups attached to an aromatic ring is 2. The minimum Gasteiger partial charge on any atom is -0.382 e. The van der Waals surface area contributed by atoms with E-state index in [-0.39, 0.29) is 11.8 Å². The molecule has 0 aromatic carbocycles.